The summed E-state index contributed by atoms with van der Waals surface area (Å²) in [6, 6.07) is 17.3. The summed E-state index contributed by atoms with van der Waals surface area (Å²) in [5, 5.41) is 16.1. The molecular formula is C18H17N3O2S. The minimum atomic E-state index is -0.671. The Morgan fingerprint density at radius 3 is 2.50 bits per heavy atom. The molecule has 0 radical (unpaired) electrons. The maximum absolute atomic E-state index is 12.3. The van der Waals surface area contributed by atoms with Gasteiger partial charge in [0.1, 0.15) is 16.0 Å². The minimum Gasteiger partial charge on any atom is -0.386 e. The highest BCUT2D eigenvalue weighted by Crippen LogP contribution is 2.23. The second-order valence-corrected chi connectivity index (χ2v) is 6.33. The summed E-state index contributed by atoms with van der Waals surface area (Å²) in [6.07, 6.45) is 0.809. The molecule has 0 saturated carbocycles. The van der Waals surface area contributed by atoms with Crippen LogP contribution in [0.25, 0.3) is 0 Å². The Morgan fingerprint density at radius 1 is 1.08 bits per heavy atom. The normalized spacial score (nSPS) is 11.8. The van der Waals surface area contributed by atoms with Crippen LogP contribution in [0.15, 0.2) is 60.8 Å². The number of amides is 1. The van der Waals surface area contributed by atoms with E-state index in [9.17, 15) is 9.90 Å². The van der Waals surface area contributed by atoms with Crippen LogP contribution in [0.5, 0.6) is 0 Å². The lowest BCUT2D eigenvalue weighted by Crippen LogP contribution is -2.10. The van der Waals surface area contributed by atoms with Crippen molar-refractivity contribution in [2.45, 2.75) is 13.0 Å². The largest absolute Gasteiger partial charge is 0.386 e. The Hall–Kier alpha value is -2.70. The quantitative estimate of drug-likeness (QED) is 0.651. The second kappa shape index (κ2) is 7.25. The number of thiazole rings is 1. The van der Waals surface area contributed by atoms with E-state index in [0.717, 1.165) is 11.4 Å². The zero-order valence-corrected chi connectivity index (χ0v) is 13.9. The molecule has 5 nitrogen and oxygen atoms in total. The van der Waals surface area contributed by atoms with E-state index in [4.69, 9.17) is 0 Å². The fraction of sp³-hybridized carbons (Fsp3) is 0.111. The number of aliphatic hydroxyl groups excluding tert-OH is 1. The van der Waals surface area contributed by atoms with E-state index in [2.05, 4.69) is 15.6 Å². The van der Waals surface area contributed by atoms with E-state index in [1.54, 1.807) is 6.92 Å². The van der Waals surface area contributed by atoms with Gasteiger partial charge in [-0.3, -0.25) is 4.79 Å². The molecule has 6 heteroatoms. The third-order valence-electron chi connectivity index (χ3n) is 3.29. The van der Waals surface area contributed by atoms with Crippen molar-refractivity contribution < 1.29 is 9.90 Å². The highest BCUT2D eigenvalue weighted by atomic mass is 32.1. The van der Waals surface area contributed by atoms with E-state index in [1.165, 1.54) is 17.5 Å². The predicted molar refractivity (Wildman–Crippen MR) is 96.9 cm³/mol. The van der Waals surface area contributed by atoms with Gasteiger partial charge in [-0.05, 0) is 37.3 Å². The third-order valence-corrected chi connectivity index (χ3v) is 4.45. The van der Waals surface area contributed by atoms with Gasteiger partial charge >= 0.3 is 0 Å². The molecule has 0 aliphatic rings. The highest BCUT2D eigenvalue weighted by Gasteiger charge is 2.13. The van der Waals surface area contributed by atoms with Gasteiger partial charge in [0.05, 0.1) is 6.20 Å². The molecule has 1 heterocycles. The monoisotopic (exact) mass is 339 g/mol. The molecule has 122 valence electrons. The van der Waals surface area contributed by atoms with Crippen molar-refractivity contribution in [2.75, 3.05) is 10.6 Å². The standard InChI is InChI=1S/C18H17N3O2S/c1-12(22)18-19-11-16(24-18)17(23)21-15-9-5-8-14(10-15)20-13-6-3-2-4-7-13/h2-12,20,22H,1H3,(H,21,23). The Kier molecular flexibility index (Phi) is 4.88. The summed E-state index contributed by atoms with van der Waals surface area (Å²) < 4.78 is 0. The molecule has 0 spiro atoms. The Labute approximate surface area is 144 Å². The number of carbonyl (C=O) groups excluding carboxylic acids is 1. The molecule has 1 unspecified atom stereocenters. The SMILES string of the molecule is CC(O)c1ncc(C(=O)Nc2cccc(Nc3ccccc3)c2)s1. The van der Waals surface area contributed by atoms with Crippen LogP contribution < -0.4 is 10.6 Å². The molecule has 0 bridgehead atoms. The number of para-hydroxylation sites is 1. The maximum Gasteiger partial charge on any atom is 0.267 e. The van der Waals surface area contributed by atoms with Crippen LogP contribution in [-0.2, 0) is 0 Å². The molecule has 0 saturated heterocycles. The fourth-order valence-corrected chi connectivity index (χ4v) is 2.89. The number of hydrogen-bond donors (Lipinski definition) is 3. The number of nitrogens with one attached hydrogen (secondary N) is 2. The van der Waals surface area contributed by atoms with Gasteiger partial charge < -0.3 is 15.7 Å². The van der Waals surface area contributed by atoms with Gasteiger partial charge in [0, 0.05) is 17.1 Å². The van der Waals surface area contributed by atoms with Crippen molar-refractivity contribution in [3.8, 4) is 0 Å². The lowest BCUT2D eigenvalue weighted by Gasteiger charge is -2.09. The first kappa shape index (κ1) is 16.2. The Balaban J connectivity index is 1.70. The lowest BCUT2D eigenvalue weighted by atomic mass is 10.2. The smallest absolute Gasteiger partial charge is 0.267 e. The number of hydrogen-bond acceptors (Lipinski definition) is 5. The molecule has 0 fully saturated rings. The number of nitrogens with zero attached hydrogens (tertiary/aromatic N) is 1. The molecular weight excluding hydrogens is 322 g/mol. The van der Waals surface area contributed by atoms with Crippen molar-refractivity contribution in [1.29, 1.82) is 0 Å². The van der Waals surface area contributed by atoms with Crippen LogP contribution in [0.2, 0.25) is 0 Å². The van der Waals surface area contributed by atoms with E-state index < -0.39 is 6.10 Å². The van der Waals surface area contributed by atoms with Crippen molar-refractivity contribution in [2.24, 2.45) is 0 Å². The van der Waals surface area contributed by atoms with Crippen LogP contribution in [-0.4, -0.2) is 16.0 Å². The third kappa shape index (κ3) is 3.98. The summed E-state index contributed by atoms with van der Waals surface area (Å²) in [7, 11) is 0. The van der Waals surface area contributed by atoms with Gasteiger partial charge in [-0.25, -0.2) is 4.98 Å². The van der Waals surface area contributed by atoms with Gasteiger partial charge in [-0.1, -0.05) is 24.3 Å². The van der Waals surface area contributed by atoms with Crippen molar-refractivity contribution in [3.63, 3.8) is 0 Å². The molecule has 2 aromatic carbocycles. The average Bonchev–Trinajstić information content (AvgIpc) is 3.06. The van der Waals surface area contributed by atoms with E-state index in [-0.39, 0.29) is 5.91 Å². The van der Waals surface area contributed by atoms with Crippen LogP contribution in [0.4, 0.5) is 17.1 Å². The number of rotatable bonds is 5. The van der Waals surface area contributed by atoms with Crippen LogP contribution in [0.3, 0.4) is 0 Å². The van der Waals surface area contributed by atoms with Gasteiger partial charge in [0.15, 0.2) is 0 Å². The Morgan fingerprint density at radius 2 is 1.79 bits per heavy atom. The van der Waals surface area contributed by atoms with Crippen LogP contribution in [0.1, 0.15) is 27.7 Å². The summed E-state index contributed by atoms with van der Waals surface area (Å²) in [6.45, 7) is 1.62. The molecule has 1 aromatic heterocycles. The molecule has 0 aliphatic heterocycles. The van der Waals surface area contributed by atoms with Gasteiger partial charge in [0.2, 0.25) is 0 Å². The molecule has 1 amide bonds. The molecule has 0 aliphatic carbocycles. The number of anilines is 3. The number of carbonyl (C=O) groups is 1. The molecule has 24 heavy (non-hydrogen) atoms. The highest BCUT2D eigenvalue weighted by molar-refractivity contribution is 7.13. The molecule has 3 aromatic rings. The average molecular weight is 339 g/mol. The minimum absolute atomic E-state index is 0.240. The Bertz CT molecular complexity index is 831. The predicted octanol–water partition coefficient (Wildman–Crippen LogP) is 4.19. The summed E-state index contributed by atoms with van der Waals surface area (Å²) >= 11 is 1.19. The maximum atomic E-state index is 12.3. The second-order valence-electron chi connectivity index (χ2n) is 5.26. The van der Waals surface area contributed by atoms with E-state index in [1.807, 2.05) is 54.6 Å². The molecule has 3 N–H and O–H groups in total. The number of benzene rings is 2. The van der Waals surface area contributed by atoms with E-state index in [0.29, 0.717) is 15.6 Å². The van der Waals surface area contributed by atoms with Crippen molar-refractivity contribution in [1.82, 2.24) is 4.98 Å². The molecule has 3 rings (SSSR count). The van der Waals surface area contributed by atoms with Crippen molar-refractivity contribution in [3.05, 3.63) is 70.7 Å². The van der Waals surface area contributed by atoms with Crippen molar-refractivity contribution >= 4 is 34.3 Å². The van der Waals surface area contributed by atoms with Gasteiger partial charge in [-0.2, -0.15) is 0 Å². The summed E-state index contributed by atoms with van der Waals surface area (Å²) in [5.41, 5.74) is 2.55. The van der Waals surface area contributed by atoms with Crippen LogP contribution >= 0.6 is 11.3 Å². The van der Waals surface area contributed by atoms with Crippen LogP contribution in [0, 0.1) is 0 Å². The topological polar surface area (TPSA) is 74.2 Å². The fourth-order valence-electron chi connectivity index (χ4n) is 2.14. The van der Waals surface area contributed by atoms with Gasteiger partial charge in [-0.15, -0.1) is 11.3 Å². The zero-order valence-electron chi connectivity index (χ0n) is 13.1. The molecule has 1 atom stereocenters. The number of aromatic nitrogens is 1. The zero-order chi connectivity index (χ0) is 16.9. The first-order valence-electron chi connectivity index (χ1n) is 7.49. The summed E-state index contributed by atoms with van der Waals surface area (Å²) in [4.78, 5) is 16.8. The lowest BCUT2D eigenvalue weighted by molar-refractivity contribution is 0.103. The first-order chi connectivity index (χ1) is 11.6. The van der Waals surface area contributed by atoms with E-state index >= 15 is 0 Å². The first-order valence-corrected chi connectivity index (χ1v) is 8.31. The number of aliphatic hydroxyl groups is 1. The summed E-state index contributed by atoms with van der Waals surface area (Å²) in [5.74, 6) is -0.240. The van der Waals surface area contributed by atoms with Gasteiger partial charge in [0.25, 0.3) is 5.91 Å².